The molecule has 122 valence electrons. The molecule has 0 spiro atoms. The van der Waals surface area contributed by atoms with Gasteiger partial charge in [0, 0.05) is 19.6 Å². The highest BCUT2D eigenvalue weighted by molar-refractivity contribution is 8.00. The molecular weight excluding hydrogens is 362 g/mol. The molecule has 0 saturated carbocycles. The highest BCUT2D eigenvalue weighted by atomic mass is 35.5. The Balaban J connectivity index is 1.97. The Labute approximate surface area is 153 Å². The predicted molar refractivity (Wildman–Crippen MR) is 100 cm³/mol. The van der Waals surface area contributed by atoms with Gasteiger partial charge >= 0.3 is 0 Å². The second-order valence-corrected chi connectivity index (χ2v) is 7.49. The fourth-order valence-corrected chi connectivity index (χ4v) is 4.26. The molecule has 24 heavy (non-hydrogen) atoms. The lowest BCUT2D eigenvalue weighted by atomic mass is 10.3. The molecule has 0 atom stereocenters. The van der Waals surface area contributed by atoms with Gasteiger partial charge in [0.05, 0.1) is 10.7 Å². The molecule has 0 heterocycles. The number of benzene rings is 3. The summed E-state index contributed by atoms with van der Waals surface area (Å²) in [7, 11) is 0. The van der Waals surface area contributed by atoms with Gasteiger partial charge in [0.1, 0.15) is 0 Å². The van der Waals surface area contributed by atoms with Crippen molar-refractivity contribution < 1.29 is 5.21 Å². The van der Waals surface area contributed by atoms with Crippen LogP contribution in [-0.4, -0.2) is 5.21 Å². The fraction of sp³-hybridized carbons (Fsp3) is 0. The average molecular weight is 375 g/mol. The fourth-order valence-electron chi connectivity index (χ4n) is 2.06. The summed E-state index contributed by atoms with van der Waals surface area (Å²) in [6, 6.07) is 22.8. The molecule has 0 amide bonds. The number of nitrogens with zero attached hydrogens (tertiary/aromatic N) is 1. The molecule has 0 aliphatic rings. The van der Waals surface area contributed by atoms with Gasteiger partial charge in [-0.1, -0.05) is 71.5 Å². The third-order valence-corrected chi connectivity index (χ3v) is 5.71. The Hall–Kier alpha value is -1.63. The minimum Gasteiger partial charge on any atom is -0.733 e. The largest absolute Gasteiger partial charge is 0.733 e. The van der Waals surface area contributed by atoms with E-state index in [0.717, 1.165) is 14.7 Å². The SMILES string of the molecule is [O-]N(O)c1cc(Cl)c(Sc2ccccc2)cc1Sc1ccccc1. The van der Waals surface area contributed by atoms with Gasteiger partial charge < -0.3 is 10.4 Å². The van der Waals surface area contributed by atoms with E-state index >= 15 is 0 Å². The van der Waals surface area contributed by atoms with E-state index in [-0.39, 0.29) is 10.9 Å². The Bertz CT molecular complexity index is 814. The van der Waals surface area contributed by atoms with E-state index < -0.39 is 0 Å². The van der Waals surface area contributed by atoms with Crippen molar-refractivity contribution >= 4 is 40.8 Å². The first-order valence-electron chi connectivity index (χ1n) is 7.09. The smallest absolute Gasteiger partial charge is 0.0663 e. The van der Waals surface area contributed by atoms with Crippen LogP contribution in [0.25, 0.3) is 0 Å². The van der Waals surface area contributed by atoms with Crippen molar-refractivity contribution in [1.82, 2.24) is 0 Å². The van der Waals surface area contributed by atoms with Gasteiger partial charge in [0.15, 0.2) is 0 Å². The molecule has 1 N–H and O–H groups in total. The molecule has 0 aliphatic heterocycles. The second kappa shape index (κ2) is 7.96. The molecule has 6 heteroatoms. The lowest BCUT2D eigenvalue weighted by Crippen LogP contribution is -2.08. The predicted octanol–water partition coefficient (Wildman–Crippen LogP) is 6.34. The summed E-state index contributed by atoms with van der Waals surface area (Å²) >= 11 is 9.21. The third kappa shape index (κ3) is 4.26. The maximum absolute atomic E-state index is 11.5. The van der Waals surface area contributed by atoms with Crippen molar-refractivity contribution in [3.63, 3.8) is 0 Å². The van der Waals surface area contributed by atoms with Crippen LogP contribution in [0.15, 0.2) is 92.4 Å². The molecule has 0 radical (unpaired) electrons. The maximum atomic E-state index is 11.5. The van der Waals surface area contributed by atoms with Crippen molar-refractivity contribution in [1.29, 1.82) is 0 Å². The van der Waals surface area contributed by atoms with Gasteiger partial charge in [-0.05, 0) is 36.4 Å². The summed E-state index contributed by atoms with van der Waals surface area (Å²) in [6.07, 6.45) is 0. The first kappa shape index (κ1) is 17.2. The number of halogens is 1. The molecular formula is C18H13ClNO2S2-. The molecule has 0 saturated heterocycles. The normalized spacial score (nSPS) is 10.6. The molecule has 0 bridgehead atoms. The van der Waals surface area contributed by atoms with E-state index in [0.29, 0.717) is 9.92 Å². The monoisotopic (exact) mass is 374 g/mol. The summed E-state index contributed by atoms with van der Waals surface area (Å²) in [6.45, 7) is 0. The molecule has 0 aliphatic carbocycles. The van der Waals surface area contributed by atoms with E-state index in [1.165, 1.54) is 29.6 Å². The lowest BCUT2D eigenvalue weighted by Gasteiger charge is -2.25. The summed E-state index contributed by atoms with van der Waals surface area (Å²) in [5, 5.41) is 21.1. The van der Waals surface area contributed by atoms with Gasteiger partial charge in [-0.15, -0.1) is 0 Å². The summed E-state index contributed by atoms with van der Waals surface area (Å²) in [5.74, 6) is 0. The first-order valence-corrected chi connectivity index (χ1v) is 9.10. The van der Waals surface area contributed by atoms with E-state index in [1.807, 2.05) is 66.7 Å². The van der Waals surface area contributed by atoms with E-state index in [1.54, 1.807) is 0 Å². The molecule has 0 fully saturated rings. The van der Waals surface area contributed by atoms with Crippen LogP contribution in [0.3, 0.4) is 0 Å². The zero-order chi connectivity index (χ0) is 16.9. The van der Waals surface area contributed by atoms with Crippen LogP contribution >= 0.6 is 35.1 Å². The Morgan fingerprint density at radius 2 is 1.29 bits per heavy atom. The minimum atomic E-state index is -0.145. The zero-order valence-corrected chi connectivity index (χ0v) is 14.8. The highest BCUT2D eigenvalue weighted by Crippen LogP contribution is 2.42. The molecule has 3 rings (SSSR count). The Morgan fingerprint density at radius 3 is 1.79 bits per heavy atom. The van der Waals surface area contributed by atoms with Crippen LogP contribution < -0.4 is 5.23 Å². The van der Waals surface area contributed by atoms with E-state index in [4.69, 9.17) is 11.6 Å². The third-order valence-electron chi connectivity index (χ3n) is 3.16. The van der Waals surface area contributed by atoms with Gasteiger partial charge in [-0.25, -0.2) is 0 Å². The van der Waals surface area contributed by atoms with Gasteiger partial charge in [0.2, 0.25) is 0 Å². The summed E-state index contributed by atoms with van der Waals surface area (Å²) in [5.41, 5.74) is 0.131. The first-order chi connectivity index (χ1) is 11.6. The highest BCUT2D eigenvalue weighted by Gasteiger charge is 2.12. The van der Waals surface area contributed by atoms with Crippen molar-refractivity contribution in [3.8, 4) is 0 Å². The number of rotatable bonds is 5. The standard InChI is InChI=1S/C18H13ClNO2S2/c19-15-11-16(20(21)22)18(24-14-9-5-2-6-10-14)12-17(15)23-13-7-3-1-4-8-13/h1-12,21H/q-1. The van der Waals surface area contributed by atoms with Gasteiger partial charge in [-0.3, -0.25) is 5.21 Å². The van der Waals surface area contributed by atoms with Crippen molar-refractivity contribution in [3.05, 3.63) is 83.0 Å². The minimum absolute atomic E-state index is 0.131. The van der Waals surface area contributed by atoms with E-state index in [9.17, 15) is 10.4 Å². The molecule has 3 aromatic carbocycles. The molecule has 3 nitrogen and oxygen atoms in total. The Morgan fingerprint density at radius 1 is 0.792 bits per heavy atom. The van der Waals surface area contributed by atoms with Gasteiger partial charge in [-0.2, -0.15) is 0 Å². The van der Waals surface area contributed by atoms with Crippen molar-refractivity contribution in [2.24, 2.45) is 0 Å². The maximum Gasteiger partial charge on any atom is 0.0663 e. The average Bonchev–Trinajstić information content (AvgIpc) is 2.59. The molecule has 0 unspecified atom stereocenters. The second-order valence-electron chi connectivity index (χ2n) is 4.85. The lowest BCUT2D eigenvalue weighted by molar-refractivity contribution is 0.294. The van der Waals surface area contributed by atoms with Crippen molar-refractivity contribution in [2.75, 3.05) is 5.23 Å². The zero-order valence-electron chi connectivity index (χ0n) is 12.4. The number of hydrogen-bond donors (Lipinski definition) is 1. The quantitative estimate of drug-likeness (QED) is 0.528. The topological polar surface area (TPSA) is 46.5 Å². The number of anilines is 1. The van der Waals surface area contributed by atoms with Crippen LogP contribution in [0.4, 0.5) is 5.69 Å². The van der Waals surface area contributed by atoms with Crippen LogP contribution in [0.1, 0.15) is 0 Å². The van der Waals surface area contributed by atoms with Gasteiger partial charge in [0.25, 0.3) is 0 Å². The summed E-state index contributed by atoms with van der Waals surface area (Å²) < 4.78 is 0. The summed E-state index contributed by atoms with van der Waals surface area (Å²) in [4.78, 5) is 3.48. The van der Waals surface area contributed by atoms with Crippen LogP contribution in [0, 0.1) is 5.21 Å². The Kier molecular flexibility index (Phi) is 5.71. The molecule has 3 aromatic rings. The van der Waals surface area contributed by atoms with Crippen LogP contribution in [0.2, 0.25) is 5.02 Å². The van der Waals surface area contributed by atoms with Crippen molar-refractivity contribution in [2.45, 2.75) is 19.6 Å². The number of hydrogen-bond acceptors (Lipinski definition) is 5. The van der Waals surface area contributed by atoms with Crippen LogP contribution in [0.5, 0.6) is 0 Å². The van der Waals surface area contributed by atoms with E-state index in [2.05, 4.69) is 0 Å². The van der Waals surface area contributed by atoms with Crippen LogP contribution in [-0.2, 0) is 0 Å². The molecule has 0 aromatic heterocycles.